The molecule has 0 radical (unpaired) electrons. The van der Waals surface area contributed by atoms with Gasteiger partial charge in [0.2, 0.25) is 0 Å². The Bertz CT molecular complexity index is 1390. The van der Waals surface area contributed by atoms with Gasteiger partial charge < -0.3 is 14.2 Å². The third-order valence-corrected chi connectivity index (χ3v) is 14.2. The number of carbonyl (C=O) groups excluding carboxylic acids is 3. The number of hydrogen-bond donors (Lipinski definition) is 0. The second-order valence-corrected chi connectivity index (χ2v) is 21.6. The van der Waals surface area contributed by atoms with Crippen molar-refractivity contribution >= 4 is 17.9 Å². The number of carbonyl (C=O) groups is 3. The molecule has 1 atom stereocenters. The minimum absolute atomic E-state index is 0.0734. The van der Waals surface area contributed by atoms with E-state index in [2.05, 4.69) is 93.7 Å². The standard InChI is InChI=1S/C69H122O6/c1-4-7-10-13-16-18-20-22-24-25-26-27-28-29-30-31-32-33-34-35-36-37-38-39-40-41-42-43-45-46-48-50-53-56-59-62-68(71)74-65-66(64-73-67(70)61-58-55-52-15-12-9-6-3)75-69(72)63-60-57-54-51-49-47-44-23-21-19-17-14-11-8-5-2/h7,10,16,18,22-24,26-27,29-30,44,66H,4-6,8-9,11-15,17,19-21,25,28,31-43,45-65H2,1-3H3/b10-7-,18-16-,24-22-,27-26-,30-29-,44-23-. The maximum absolute atomic E-state index is 12.8. The van der Waals surface area contributed by atoms with E-state index in [4.69, 9.17) is 14.2 Å². The predicted octanol–water partition coefficient (Wildman–Crippen LogP) is 22.1. The van der Waals surface area contributed by atoms with E-state index in [1.54, 1.807) is 0 Å². The molecule has 0 spiro atoms. The fraction of sp³-hybridized carbons (Fsp3) is 0.783. The van der Waals surface area contributed by atoms with E-state index in [9.17, 15) is 14.4 Å². The van der Waals surface area contributed by atoms with Crippen molar-refractivity contribution in [2.24, 2.45) is 0 Å². The van der Waals surface area contributed by atoms with E-state index in [0.29, 0.717) is 19.3 Å². The summed E-state index contributed by atoms with van der Waals surface area (Å²) in [4.78, 5) is 38.0. The molecule has 0 saturated carbocycles. The van der Waals surface area contributed by atoms with E-state index < -0.39 is 6.10 Å². The maximum Gasteiger partial charge on any atom is 0.306 e. The van der Waals surface area contributed by atoms with Gasteiger partial charge in [-0.2, -0.15) is 0 Å². The van der Waals surface area contributed by atoms with Gasteiger partial charge in [0.25, 0.3) is 0 Å². The third kappa shape index (κ3) is 61.6. The molecule has 1 unspecified atom stereocenters. The minimum atomic E-state index is -0.773. The van der Waals surface area contributed by atoms with Crippen LogP contribution in [0.1, 0.15) is 329 Å². The SMILES string of the molecule is CC/C=C\C/C=C\C/C=C\C/C=C\C/C=C\CCCCCCCCCCCCCCCCCCCCCC(=O)OCC(COC(=O)CCCCCCCCC)OC(=O)CCCCCCC/C=C\CCCCCCCC. The van der Waals surface area contributed by atoms with Crippen LogP contribution in [0.3, 0.4) is 0 Å². The molecule has 6 nitrogen and oxygen atoms in total. The normalized spacial score (nSPS) is 12.5. The van der Waals surface area contributed by atoms with E-state index >= 15 is 0 Å². The summed E-state index contributed by atoms with van der Waals surface area (Å²) in [5, 5.41) is 0. The average Bonchev–Trinajstić information content (AvgIpc) is 3.41. The molecule has 0 rings (SSSR count). The maximum atomic E-state index is 12.8. The molecule has 0 amide bonds. The Labute approximate surface area is 465 Å². The molecule has 0 fully saturated rings. The van der Waals surface area contributed by atoms with Gasteiger partial charge in [-0.25, -0.2) is 0 Å². The second-order valence-electron chi connectivity index (χ2n) is 21.6. The summed E-state index contributed by atoms with van der Waals surface area (Å²) in [7, 11) is 0. The van der Waals surface area contributed by atoms with Gasteiger partial charge in [0.05, 0.1) is 0 Å². The first kappa shape index (κ1) is 71.8. The molecule has 0 saturated heterocycles. The molecule has 0 aliphatic heterocycles. The minimum Gasteiger partial charge on any atom is -0.462 e. The highest BCUT2D eigenvalue weighted by molar-refractivity contribution is 5.71. The number of hydrogen-bond acceptors (Lipinski definition) is 6. The van der Waals surface area contributed by atoms with Crippen LogP contribution in [0.25, 0.3) is 0 Å². The molecule has 0 aromatic heterocycles. The number of unbranched alkanes of at least 4 members (excludes halogenated alkanes) is 36. The van der Waals surface area contributed by atoms with Gasteiger partial charge in [0.1, 0.15) is 13.2 Å². The molecule has 0 aliphatic carbocycles. The number of ether oxygens (including phenoxy) is 3. The largest absolute Gasteiger partial charge is 0.462 e. The molecular weight excluding hydrogens is 925 g/mol. The molecule has 0 aliphatic rings. The lowest BCUT2D eigenvalue weighted by atomic mass is 10.0. The molecule has 0 aromatic rings. The van der Waals surface area contributed by atoms with E-state index in [1.165, 1.54) is 193 Å². The van der Waals surface area contributed by atoms with Gasteiger partial charge >= 0.3 is 17.9 Å². The smallest absolute Gasteiger partial charge is 0.306 e. The Morgan fingerprint density at radius 3 is 0.827 bits per heavy atom. The Morgan fingerprint density at radius 1 is 0.280 bits per heavy atom. The topological polar surface area (TPSA) is 78.9 Å². The molecule has 0 bridgehead atoms. The first-order valence-corrected chi connectivity index (χ1v) is 32.4. The monoisotopic (exact) mass is 1050 g/mol. The van der Waals surface area contributed by atoms with Crippen LogP contribution in [-0.2, 0) is 28.6 Å². The van der Waals surface area contributed by atoms with Crippen LogP contribution in [0, 0.1) is 0 Å². The Hall–Kier alpha value is -3.15. The summed E-state index contributed by atoms with van der Waals surface area (Å²) in [6.07, 6.45) is 82.4. The molecule has 0 aromatic carbocycles. The molecule has 0 heterocycles. The average molecular weight is 1050 g/mol. The van der Waals surface area contributed by atoms with Crippen LogP contribution in [0.2, 0.25) is 0 Å². The van der Waals surface area contributed by atoms with Gasteiger partial charge in [0, 0.05) is 19.3 Å². The number of esters is 3. The summed E-state index contributed by atoms with van der Waals surface area (Å²) < 4.78 is 16.8. The zero-order chi connectivity index (χ0) is 54.3. The summed E-state index contributed by atoms with van der Waals surface area (Å²) in [5.41, 5.74) is 0. The molecule has 6 heteroatoms. The summed E-state index contributed by atoms with van der Waals surface area (Å²) >= 11 is 0. The highest BCUT2D eigenvalue weighted by atomic mass is 16.6. The van der Waals surface area contributed by atoms with Crippen molar-refractivity contribution in [3.8, 4) is 0 Å². The van der Waals surface area contributed by atoms with Crippen molar-refractivity contribution in [2.75, 3.05) is 13.2 Å². The van der Waals surface area contributed by atoms with Crippen LogP contribution >= 0.6 is 0 Å². The quantitative estimate of drug-likeness (QED) is 0.0261. The fourth-order valence-corrected chi connectivity index (χ4v) is 9.35. The van der Waals surface area contributed by atoms with Gasteiger partial charge in [-0.1, -0.05) is 293 Å². The molecule has 75 heavy (non-hydrogen) atoms. The van der Waals surface area contributed by atoms with Gasteiger partial charge in [-0.15, -0.1) is 0 Å². The highest BCUT2D eigenvalue weighted by Crippen LogP contribution is 2.17. The first-order chi connectivity index (χ1) is 37.0. The Morgan fingerprint density at radius 2 is 0.520 bits per heavy atom. The number of allylic oxidation sites excluding steroid dienone is 12. The summed E-state index contributed by atoms with van der Waals surface area (Å²) in [6.45, 7) is 6.50. The lowest BCUT2D eigenvalue weighted by Gasteiger charge is -2.18. The predicted molar refractivity (Wildman–Crippen MR) is 325 cm³/mol. The lowest BCUT2D eigenvalue weighted by Crippen LogP contribution is -2.30. The van der Waals surface area contributed by atoms with Crippen molar-refractivity contribution in [3.63, 3.8) is 0 Å². The van der Waals surface area contributed by atoms with Gasteiger partial charge in [0.15, 0.2) is 6.10 Å². The van der Waals surface area contributed by atoms with Crippen molar-refractivity contribution < 1.29 is 28.6 Å². The zero-order valence-corrected chi connectivity index (χ0v) is 49.8. The van der Waals surface area contributed by atoms with Crippen molar-refractivity contribution in [3.05, 3.63) is 72.9 Å². The zero-order valence-electron chi connectivity index (χ0n) is 49.8. The van der Waals surface area contributed by atoms with Crippen molar-refractivity contribution in [1.82, 2.24) is 0 Å². The van der Waals surface area contributed by atoms with Crippen LogP contribution in [-0.4, -0.2) is 37.2 Å². The first-order valence-electron chi connectivity index (χ1n) is 32.4. The molecule has 0 N–H and O–H groups in total. The van der Waals surface area contributed by atoms with Crippen LogP contribution < -0.4 is 0 Å². The Balaban J connectivity index is 3.96. The number of rotatable bonds is 59. The van der Waals surface area contributed by atoms with Crippen molar-refractivity contribution in [1.29, 1.82) is 0 Å². The van der Waals surface area contributed by atoms with E-state index in [-0.39, 0.29) is 31.1 Å². The van der Waals surface area contributed by atoms with E-state index in [1.807, 2.05) is 0 Å². The third-order valence-electron chi connectivity index (χ3n) is 14.2. The summed E-state index contributed by atoms with van der Waals surface area (Å²) in [6, 6.07) is 0. The van der Waals surface area contributed by atoms with Gasteiger partial charge in [-0.3, -0.25) is 14.4 Å². The lowest BCUT2D eigenvalue weighted by molar-refractivity contribution is -0.167. The molecule has 434 valence electrons. The van der Waals surface area contributed by atoms with E-state index in [0.717, 1.165) is 96.3 Å². The summed E-state index contributed by atoms with van der Waals surface area (Å²) in [5.74, 6) is -0.874. The second kappa shape index (κ2) is 63.4. The van der Waals surface area contributed by atoms with Gasteiger partial charge in [-0.05, 0) is 89.9 Å². The fourth-order valence-electron chi connectivity index (χ4n) is 9.35. The van der Waals surface area contributed by atoms with Crippen LogP contribution in [0.5, 0.6) is 0 Å². The van der Waals surface area contributed by atoms with Crippen molar-refractivity contribution in [2.45, 2.75) is 335 Å². The molecular formula is C69H122O6. The highest BCUT2D eigenvalue weighted by Gasteiger charge is 2.19. The van der Waals surface area contributed by atoms with Crippen LogP contribution in [0.15, 0.2) is 72.9 Å². The van der Waals surface area contributed by atoms with Crippen LogP contribution in [0.4, 0.5) is 0 Å². The Kier molecular flexibility index (Phi) is 60.7.